The number of nitrogens with one attached hydrogen (secondary N) is 1. The second kappa shape index (κ2) is 4.10. The van der Waals surface area contributed by atoms with E-state index in [9.17, 15) is 0 Å². The minimum absolute atomic E-state index is 0.0288. The number of nitrogen functional groups attached to an aromatic ring is 1. The average molecular weight is 239 g/mol. The van der Waals surface area contributed by atoms with Crippen LogP contribution in [0.4, 0.5) is 11.9 Å². The third-order valence-electron chi connectivity index (χ3n) is 2.65. The fourth-order valence-corrected chi connectivity index (χ4v) is 2.05. The second-order valence-corrected chi connectivity index (χ2v) is 4.15. The summed E-state index contributed by atoms with van der Waals surface area (Å²) >= 11 is 5.66. The van der Waals surface area contributed by atoms with E-state index in [4.69, 9.17) is 22.6 Å². The van der Waals surface area contributed by atoms with Crippen LogP contribution in [0.5, 0.6) is 0 Å². The fraction of sp³-hybridized carbons (Fsp3) is 0.556. The molecule has 1 aromatic heterocycles. The number of aromatic nitrogens is 3. The largest absolute Gasteiger partial charge is 0.368 e. The molecule has 1 heterocycles. The van der Waals surface area contributed by atoms with Gasteiger partial charge < -0.3 is 11.1 Å². The topological polar surface area (TPSA) is 101 Å². The monoisotopic (exact) mass is 238 g/mol. The molecule has 0 spiro atoms. The van der Waals surface area contributed by atoms with Crippen molar-refractivity contribution in [2.75, 3.05) is 11.1 Å². The third kappa shape index (κ3) is 2.14. The van der Waals surface area contributed by atoms with Crippen LogP contribution in [-0.4, -0.2) is 20.5 Å². The number of hydrogen-bond acceptors (Lipinski definition) is 6. The van der Waals surface area contributed by atoms with E-state index in [1.165, 1.54) is 0 Å². The molecule has 16 heavy (non-hydrogen) atoms. The summed E-state index contributed by atoms with van der Waals surface area (Å²) in [7, 11) is 0. The predicted molar refractivity (Wildman–Crippen MR) is 59.7 cm³/mol. The molecule has 0 aromatic carbocycles. The first-order valence-corrected chi connectivity index (χ1v) is 5.38. The molecule has 0 radical (unpaired) electrons. The van der Waals surface area contributed by atoms with E-state index in [0.717, 1.165) is 25.7 Å². The van der Waals surface area contributed by atoms with Crippen LogP contribution in [0, 0.1) is 11.3 Å². The molecule has 3 N–H and O–H groups in total. The Morgan fingerprint density at radius 2 is 2.00 bits per heavy atom. The lowest BCUT2D eigenvalue weighted by atomic mass is 10.0. The highest BCUT2D eigenvalue weighted by atomic mass is 35.5. The number of nitriles is 1. The van der Waals surface area contributed by atoms with Crippen molar-refractivity contribution < 1.29 is 0 Å². The Morgan fingerprint density at radius 3 is 2.56 bits per heavy atom. The molecule has 0 unspecified atom stereocenters. The summed E-state index contributed by atoms with van der Waals surface area (Å²) in [4.78, 5) is 11.4. The van der Waals surface area contributed by atoms with Crippen LogP contribution < -0.4 is 11.1 Å². The van der Waals surface area contributed by atoms with Crippen molar-refractivity contribution in [1.29, 1.82) is 5.26 Å². The molecule has 0 aliphatic heterocycles. The lowest BCUT2D eigenvalue weighted by Crippen LogP contribution is -2.34. The SMILES string of the molecule is N#CC1(Nc2nc(N)nc(Cl)n2)CCCC1. The number of halogens is 1. The maximum absolute atomic E-state index is 9.17. The van der Waals surface area contributed by atoms with Gasteiger partial charge in [0, 0.05) is 0 Å². The number of nitrogens with two attached hydrogens (primary N) is 1. The Hall–Kier alpha value is -1.61. The van der Waals surface area contributed by atoms with Crippen LogP contribution in [0.3, 0.4) is 0 Å². The smallest absolute Gasteiger partial charge is 0.230 e. The van der Waals surface area contributed by atoms with Gasteiger partial charge in [0.05, 0.1) is 6.07 Å². The van der Waals surface area contributed by atoms with Crippen LogP contribution in [0.15, 0.2) is 0 Å². The van der Waals surface area contributed by atoms with Crippen molar-refractivity contribution >= 4 is 23.5 Å². The van der Waals surface area contributed by atoms with Gasteiger partial charge in [0.25, 0.3) is 0 Å². The molecule has 1 aromatic rings. The molecule has 2 rings (SSSR count). The zero-order chi connectivity index (χ0) is 11.6. The van der Waals surface area contributed by atoms with Crippen LogP contribution in [-0.2, 0) is 0 Å². The first-order valence-electron chi connectivity index (χ1n) is 5.00. The molecule has 1 saturated carbocycles. The molecule has 6 nitrogen and oxygen atoms in total. The van der Waals surface area contributed by atoms with Gasteiger partial charge in [-0.2, -0.15) is 20.2 Å². The maximum Gasteiger partial charge on any atom is 0.230 e. The first-order chi connectivity index (χ1) is 7.63. The summed E-state index contributed by atoms with van der Waals surface area (Å²) in [5.41, 5.74) is 4.86. The molecular weight excluding hydrogens is 228 g/mol. The molecular formula is C9H11ClN6. The lowest BCUT2D eigenvalue weighted by molar-refractivity contribution is 0.606. The zero-order valence-electron chi connectivity index (χ0n) is 8.57. The number of rotatable bonds is 2. The van der Waals surface area contributed by atoms with Gasteiger partial charge in [-0.3, -0.25) is 0 Å². The molecule has 0 atom stereocenters. The van der Waals surface area contributed by atoms with Gasteiger partial charge in [-0.1, -0.05) is 0 Å². The number of nitrogens with zero attached hydrogens (tertiary/aromatic N) is 4. The third-order valence-corrected chi connectivity index (χ3v) is 2.82. The quantitative estimate of drug-likeness (QED) is 0.807. The molecule has 0 amide bonds. The molecule has 0 bridgehead atoms. The van der Waals surface area contributed by atoms with Gasteiger partial charge in [-0.15, -0.1) is 0 Å². The lowest BCUT2D eigenvalue weighted by Gasteiger charge is -2.21. The minimum atomic E-state index is -0.586. The van der Waals surface area contributed by atoms with Gasteiger partial charge in [-0.25, -0.2) is 0 Å². The molecule has 1 aliphatic rings. The van der Waals surface area contributed by atoms with Crippen LogP contribution in [0.25, 0.3) is 0 Å². The highest BCUT2D eigenvalue weighted by Crippen LogP contribution is 2.31. The number of hydrogen-bond donors (Lipinski definition) is 2. The Labute approximate surface area is 97.9 Å². The minimum Gasteiger partial charge on any atom is -0.368 e. The highest BCUT2D eigenvalue weighted by Gasteiger charge is 2.34. The maximum atomic E-state index is 9.17. The summed E-state index contributed by atoms with van der Waals surface area (Å²) < 4.78 is 0. The summed E-state index contributed by atoms with van der Waals surface area (Å²) in [5, 5.41) is 12.2. The van der Waals surface area contributed by atoms with Gasteiger partial charge in [-0.05, 0) is 37.3 Å². The van der Waals surface area contributed by atoms with Crippen molar-refractivity contribution in [1.82, 2.24) is 15.0 Å². The Morgan fingerprint density at radius 1 is 1.31 bits per heavy atom. The molecule has 7 heteroatoms. The summed E-state index contributed by atoms with van der Waals surface area (Å²) in [6.45, 7) is 0. The van der Waals surface area contributed by atoms with E-state index in [1.807, 2.05) is 0 Å². The van der Waals surface area contributed by atoms with Crippen LogP contribution in [0.1, 0.15) is 25.7 Å². The van der Waals surface area contributed by atoms with E-state index in [0.29, 0.717) is 0 Å². The van der Waals surface area contributed by atoms with E-state index >= 15 is 0 Å². The van der Waals surface area contributed by atoms with Gasteiger partial charge >= 0.3 is 0 Å². The van der Waals surface area contributed by atoms with Crippen molar-refractivity contribution in [2.24, 2.45) is 0 Å². The normalized spacial score (nSPS) is 18.0. The van der Waals surface area contributed by atoms with Crippen LogP contribution >= 0.6 is 11.6 Å². The second-order valence-electron chi connectivity index (χ2n) is 3.81. The van der Waals surface area contributed by atoms with Gasteiger partial charge in [0.2, 0.25) is 17.2 Å². The van der Waals surface area contributed by atoms with Crippen molar-refractivity contribution in [3.63, 3.8) is 0 Å². The Balaban J connectivity index is 2.23. The van der Waals surface area contributed by atoms with Crippen molar-refractivity contribution in [2.45, 2.75) is 31.2 Å². The number of anilines is 2. The van der Waals surface area contributed by atoms with Gasteiger partial charge in [0.15, 0.2) is 0 Å². The fourth-order valence-electron chi connectivity index (χ4n) is 1.88. The van der Waals surface area contributed by atoms with Crippen molar-refractivity contribution in [3.05, 3.63) is 5.28 Å². The summed E-state index contributed by atoms with van der Waals surface area (Å²) in [5.74, 6) is 0.314. The Bertz CT molecular complexity index is 414. The summed E-state index contributed by atoms with van der Waals surface area (Å²) in [6, 6.07) is 2.27. The highest BCUT2D eigenvalue weighted by molar-refractivity contribution is 6.28. The molecule has 1 fully saturated rings. The molecule has 1 aliphatic carbocycles. The first kappa shape index (κ1) is 10.9. The van der Waals surface area contributed by atoms with Crippen LogP contribution in [0.2, 0.25) is 5.28 Å². The van der Waals surface area contributed by atoms with E-state index in [-0.39, 0.29) is 17.2 Å². The van der Waals surface area contributed by atoms with Gasteiger partial charge in [0.1, 0.15) is 5.54 Å². The van der Waals surface area contributed by atoms with E-state index in [2.05, 4.69) is 26.3 Å². The average Bonchev–Trinajstić information content (AvgIpc) is 2.65. The zero-order valence-corrected chi connectivity index (χ0v) is 9.33. The Kier molecular flexibility index (Phi) is 2.79. The standard InChI is InChI=1S/C9H11ClN6/c10-6-13-7(12)15-8(14-6)16-9(5-11)3-1-2-4-9/h1-4H2,(H3,12,13,14,15,16). The van der Waals surface area contributed by atoms with Crippen molar-refractivity contribution in [3.8, 4) is 6.07 Å². The molecule has 84 valence electrons. The summed E-state index contributed by atoms with van der Waals surface area (Å²) in [6.07, 6.45) is 3.61. The van der Waals surface area contributed by atoms with E-state index < -0.39 is 5.54 Å². The predicted octanol–water partition coefficient (Wildman–Crippen LogP) is 1.36. The molecule has 0 saturated heterocycles. The van der Waals surface area contributed by atoms with E-state index in [1.54, 1.807) is 0 Å².